The van der Waals surface area contributed by atoms with Crippen molar-refractivity contribution in [2.45, 2.75) is 89.4 Å². The summed E-state index contributed by atoms with van der Waals surface area (Å²) in [4.78, 5) is 87.3. The van der Waals surface area contributed by atoms with Gasteiger partial charge in [-0.05, 0) is 129 Å². The van der Waals surface area contributed by atoms with Crippen molar-refractivity contribution in [2.75, 3.05) is 108 Å². The van der Waals surface area contributed by atoms with Crippen molar-refractivity contribution < 1.29 is 52.5 Å². The molecule has 2 saturated heterocycles. The van der Waals surface area contributed by atoms with Gasteiger partial charge in [0.05, 0.1) is 82.9 Å². The van der Waals surface area contributed by atoms with Gasteiger partial charge in [-0.2, -0.15) is 0 Å². The van der Waals surface area contributed by atoms with E-state index in [2.05, 4.69) is 51.7 Å². The third-order valence-electron chi connectivity index (χ3n) is 15.5. The van der Waals surface area contributed by atoms with Crippen molar-refractivity contribution in [2.24, 2.45) is 5.92 Å². The number of imide groups is 2. The van der Waals surface area contributed by atoms with Crippen molar-refractivity contribution in [3.63, 3.8) is 0 Å². The van der Waals surface area contributed by atoms with E-state index < -0.39 is 29.7 Å². The largest absolute Gasteiger partial charge is 0.493 e. The highest BCUT2D eigenvalue weighted by Crippen LogP contribution is 2.44. The number of piperazine rings is 1. The van der Waals surface area contributed by atoms with Crippen LogP contribution in [0, 0.1) is 5.92 Å². The van der Waals surface area contributed by atoms with Gasteiger partial charge in [-0.1, -0.05) is 29.8 Å². The maximum Gasteiger partial charge on any atom is 0.264 e. The average molecular weight is 1090 g/mol. The van der Waals surface area contributed by atoms with Gasteiger partial charge in [-0.25, -0.2) is 0 Å². The molecule has 416 valence electrons. The zero-order valence-electron chi connectivity index (χ0n) is 45.1. The predicted octanol–water partition coefficient (Wildman–Crippen LogP) is 6.91. The lowest BCUT2D eigenvalue weighted by Gasteiger charge is -2.42. The fourth-order valence-corrected chi connectivity index (χ4v) is 11.6. The van der Waals surface area contributed by atoms with Crippen LogP contribution in [0.4, 0.5) is 17.1 Å². The van der Waals surface area contributed by atoms with E-state index >= 15 is 0 Å². The second kappa shape index (κ2) is 25.9. The van der Waals surface area contributed by atoms with Gasteiger partial charge in [0, 0.05) is 80.9 Å². The van der Waals surface area contributed by atoms with Gasteiger partial charge in [0.25, 0.3) is 11.8 Å². The molecule has 2 atom stereocenters. The van der Waals surface area contributed by atoms with Crippen LogP contribution in [0.1, 0.15) is 102 Å². The number of fused-ring (bicyclic) bond motifs is 2. The number of carbonyl (C=O) groups excluding carboxylic acids is 6. The Morgan fingerprint density at radius 1 is 0.782 bits per heavy atom. The van der Waals surface area contributed by atoms with Crippen molar-refractivity contribution in [3.05, 3.63) is 112 Å². The first kappa shape index (κ1) is 56.2. The minimum Gasteiger partial charge on any atom is -0.493 e. The average Bonchev–Trinajstić information content (AvgIpc) is 3.72. The Balaban J connectivity index is 0.636. The maximum absolute atomic E-state index is 14.1. The molecule has 1 unspecified atom stereocenters. The molecule has 1 aliphatic carbocycles. The normalized spacial score (nSPS) is 20.7. The third kappa shape index (κ3) is 13.1. The van der Waals surface area contributed by atoms with E-state index in [0.717, 1.165) is 91.4 Å². The number of benzene rings is 4. The Bertz CT molecular complexity index is 2800. The molecule has 2 N–H and O–H groups in total. The molecule has 19 heteroatoms. The second-order valence-electron chi connectivity index (χ2n) is 20.9. The number of nitrogens with one attached hydrogen (secondary N) is 2. The maximum atomic E-state index is 14.1. The molecule has 1 saturated carbocycles. The minimum absolute atomic E-state index is 0.00347. The number of hydrogen-bond donors (Lipinski definition) is 2. The summed E-state index contributed by atoms with van der Waals surface area (Å²) in [5.74, 6) is -0.245. The monoisotopic (exact) mass is 1090 g/mol. The number of anilines is 3. The topological polar surface area (TPSA) is 189 Å². The molecule has 78 heavy (non-hydrogen) atoms. The van der Waals surface area contributed by atoms with Crippen LogP contribution in [0.2, 0.25) is 5.02 Å². The fraction of sp³-hybridized carbons (Fsp3) is 0.492. The zero-order chi connectivity index (χ0) is 54.9. The van der Waals surface area contributed by atoms with E-state index in [-0.39, 0.29) is 54.3 Å². The third-order valence-corrected chi connectivity index (χ3v) is 15.7. The summed E-state index contributed by atoms with van der Waals surface area (Å²) in [6, 6.07) is 24.1. The first-order valence-electron chi connectivity index (χ1n) is 27.4. The lowest BCUT2D eigenvalue weighted by atomic mass is 9.84. The number of amides is 6. The van der Waals surface area contributed by atoms with Crippen LogP contribution in [0.15, 0.2) is 78.9 Å². The summed E-state index contributed by atoms with van der Waals surface area (Å²) in [7, 11) is 3.77. The molecule has 4 aliphatic heterocycles. The quantitative estimate of drug-likeness (QED) is 0.0576. The molecule has 9 rings (SSSR count). The van der Waals surface area contributed by atoms with E-state index in [0.29, 0.717) is 86.8 Å². The van der Waals surface area contributed by atoms with Crippen molar-refractivity contribution >= 4 is 64.1 Å². The van der Waals surface area contributed by atoms with Crippen molar-refractivity contribution in [1.82, 2.24) is 20.0 Å². The summed E-state index contributed by atoms with van der Waals surface area (Å²) >= 11 is 6.34. The predicted molar refractivity (Wildman–Crippen MR) is 296 cm³/mol. The lowest BCUT2D eigenvalue weighted by Crippen LogP contribution is -2.54. The second-order valence-corrected chi connectivity index (χ2v) is 21.4. The van der Waals surface area contributed by atoms with Crippen molar-refractivity contribution in [1.29, 1.82) is 0 Å². The van der Waals surface area contributed by atoms with E-state index in [1.54, 1.807) is 25.3 Å². The highest BCUT2D eigenvalue weighted by Gasteiger charge is 2.46. The molecule has 0 bridgehead atoms. The molecule has 18 nitrogen and oxygen atoms in total. The number of nitrogens with zero attached hydrogens (tertiary/aromatic N) is 5. The Labute approximate surface area is 461 Å². The first-order valence-corrected chi connectivity index (χ1v) is 27.7. The van der Waals surface area contributed by atoms with Crippen LogP contribution in [-0.2, 0) is 39.8 Å². The molecule has 0 radical (unpaired) electrons. The number of ether oxygens (including phenoxy) is 5. The van der Waals surface area contributed by atoms with E-state index in [9.17, 15) is 28.8 Å². The zero-order valence-corrected chi connectivity index (χ0v) is 45.9. The number of rotatable bonds is 23. The Morgan fingerprint density at radius 2 is 1.47 bits per heavy atom. The highest BCUT2D eigenvalue weighted by molar-refractivity contribution is 6.30. The Hall–Kier alpha value is -6.57. The number of hydrogen-bond acceptors (Lipinski definition) is 14. The van der Waals surface area contributed by atoms with Crippen molar-refractivity contribution in [3.8, 4) is 11.5 Å². The molecular formula is C59H72ClN7O11. The SMILES string of the molecule is COc1cc2c(cc1OC(C)C)[C@H](c1ccc(Cl)cc1)N(c1ccc(N(C)CC3CCC(N4CCN(C(=O)CCOCCOCCOCCNc5cccc6c5C(=O)N(C5CCC(=O)NC5=O)C6=O)CC4)CC3)cc1)C(=O)C2. The number of methoxy groups -OCH3 is 1. The molecule has 6 amide bonds. The van der Waals surface area contributed by atoms with Crippen LogP contribution in [0.3, 0.4) is 0 Å². The molecule has 0 spiro atoms. The van der Waals surface area contributed by atoms with Crippen LogP contribution in [0.25, 0.3) is 0 Å². The number of carbonyl (C=O) groups is 6. The smallest absolute Gasteiger partial charge is 0.264 e. The summed E-state index contributed by atoms with van der Waals surface area (Å²) in [5, 5.41) is 6.00. The molecule has 4 aromatic carbocycles. The molecule has 5 aliphatic rings. The summed E-state index contributed by atoms with van der Waals surface area (Å²) in [6.45, 7) is 10.6. The molecule has 3 fully saturated rings. The number of piperidine rings is 1. The lowest BCUT2D eigenvalue weighted by molar-refractivity contribution is -0.136. The van der Waals surface area contributed by atoms with Gasteiger partial charge in [0.15, 0.2) is 11.5 Å². The molecule has 0 aromatic heterocycles. The molecule has 4 heterocycles. The molecule has 4 aromatic rings. The molecular weight excluding hydrogens is 1020 g/mol. The first-order chi connectivity index (χ1) is 37.8. The minimum atomic E-state index is -1.02. The standard InChI is InChI=1S/C59H72ClN7O11/c1-38(2)78-51-36-47-41(34-50(51)74-4)35-54(70)66(56(47)40-10-12-42(60)13-11-40)45-18-16-43(17-19-45)63(3)37-39-8-14-44(15-9-39)64-24-26-65(27-25-64)53(69)22-28-75-30-32-77-33-31-76-29-23-61-48-7-5-6-46-55(48)59(73)67(58(46)72)49-20-21-52(68)62-57(49)71/h5-7,10-13,16-19,34,36,38-39,44,49,56,61H,8-9,14-15,20-33,35,37H2,1-4H3,(H,62,68,71)/t39?,44?,49?,56-/m0/s1. The summed E-state index contributed by atoms with van der Waals surface area (Å²) in [5.41, 5.74) is 5.68. The van der Waals surface area contributed by atoms with Gasteiger partial charge < -0.3 is 43.7 Å². The summed E-state index contributed by atoms with van der Waals surface area (Å²) < 4.78 is 28.9. The van der Waals surface area contributed by atoms with Gasteiger partial charge in [-0.3, -0.25) is 43.9 Å². The van der Waals surface area contributed by atoms with Gasteiger partial charge in [0.1, 0.15) is 6.04 Å². The van der Waals surface area contributed by atoms with E-state index in [1.807, 2.05) is 60.0 Å². The number of halogens is 1. The van der Waals surface area contributed by atoms with E-state index in [4.69, 9.17) is 35.3 Å². The Kier molecular flexibility index (Phi) is 18.7. The van der Waals surface area contributed by atoms with Crippen LogP contribution < -0.4 is 29.9 Å². The van der Waals surface area contributed by atoms with Gasteiger partial charge >= 0.3 is 0 Å². The van der Waals surface area contributed by atoms with Crippen LogP contribution in [-0.4, -0.2) is 161 Å². The van der Waals surface area contributed by atoms with Gasteiger partial charge in [0.2, 0.25) is 23.6 Å². The Morgan fingerprint density at radius 3 is 2.15 bits per heavy atom. The van der Waals surface area contributed by atoms with Crippen LogP contribution >= 0.6 is 11.6 Å². The fourth-order valence-electron chi connectivity index (χ4n) is 11.5. The van der Waals surface area contributed by atoms with Crippen LogP contribution in [0.5, 0.6) is 11.5 Å². The van der Waals surface area contributed by atoms with Gasteiger partial charge in [-0.15, -0.1) is 0 Å². The van der Waals surface area contributed by atoms with E-state index in [1.165, 1.54) is 0 Å². The highest BCUT2D eigenvalue weighted by atomic mass is 35.5. The summed E-state index contributed by atoms with van der Waals surface area (Å²) in [6.07, 6.45) is 5.25.